The lowest BCUT2D eigenvalue weighted by molar-refractivity contribution is 0.0939. The second-order valence-electron chi connectivity index (χ2n) is 5.91. The van der Waals surface area contributed by atoms with Gasteiger partial charge in [-0.05, 0) is 49.2 Å². The van der Waals surface area contributed by atoms with Gasteiger partial charge in [0.25, 0.3) is 5.91 Å². The predicted molar refractivity (Wildman–Crippen MR) is 99.1 cm³/mol. The average molecular weight is 371 g/mol. The van der Waals surface area contributed by atoms with Gasteiger partial charge in [0.2, 0.25) is 10.0 Å². The first kappa shape index (κ1) is 19.6. The van der Waals surface area contributed by atoms with Gasteiger partial charge in [0, 0.05) is 12.1 Å². The highest BCUT2D eigenvalue weighted by atomic mass is 32.2. The Morgan fingerprint density at radius 1 is 1.19 bits per heavy atom. The van der Waals surface area contributed by atoms with Crippen LogP contribution in [0.3, 0.4) is 0 Å². The monoisotopic (exact) mass is 371 g/mol. The Bertz CT molecular complexity index is 945. The molecule has 0 radical (unpaired) electrons. The van der Waals surface area contributed by atoms with Crippen LogP contribution in [-0.4, -0.2) is 20.9 Å². The Kier molecular flexibility index (Phi) is 6.14. The Morgan fingerprint density at radius 3 is 2.42 bits per heavy atom. The lowest BCUT2D eigenvalue weighted by Crippen LogP contribution is -2.28. The zero-order chi connectivity index (χ0) is 19.3. The zero-order valence-electron chi connectivity index (χ0n) is 14.9. The fraction of sp³-hybridized carbons (Fsp3) is 0.263. The fourth-order valence-electron chi connectivity index (χ4n) is 2.49. The number of amides is 1. The van der Waals surface area contributed by atoms with Crippen LogP contribution in [0.15, 0.2) is 47.4 Å². The van der Waals surface area contributed by atoms with Crippen molar-refractivity contribution in [2.24, 2.45) is 0 Å². The van der Waals surface area contributed by atoms with Crippen molar-refractivity contribution in [3.8, 4) is 6.07 Å². The fourth-order valence-corrected chi connectivity index (χ4v) is 3.56. The average Bonchev–Trinajstić information content (AvgIpc) is 2.61. The standard InChI is InChI=1S/C19H21N3O3S/c1-4-21-26(24,25)17-10-5-13(2)18(11-17)19(23)22-14(3)16-8-6-15(12-20)7-9-16/h5-11,14,21H,4H2,1-3H3,(H,22,23). The number of aryl methyl sites for hydroxylation is 1. The first-order valence-corrected chi connectivity index (χ1v) is 9.68. The first-order chi connectivity index (χ1) is 12.3. The van der Waals surface area contributed by atoms with E-state index in [0.29, 0.717) is 16.7 Å². The molecule has 0 heterocycles. The molecule has 1 atom stereocenters. The van der Waals surface area contributed by atoms with Gasteiger partial charge in [-0.15, -0.1) is 0 Å². The zero-order valence-corrected chi connectivity index (χ0v) is 15.7. The number of benzene rings is 2. The van der Waals surface area contributed by atoms with Gasteiger partial charge in [0.15, 0.2) is 0 Å². The Morgan fingerprint density at radius 2 is 1.85 bits per heavy atom. The number of sulfonamides is 1. The normalized spacial score (nSPS) is 12.2. The molecule has 7 heteroatoms. The Balaban J connectivity index is 2.24. The maximum atomic E-state index is 12.6. The number of carbonyl (C=O) groups excluding carboxylic acids is 1. The van der Waals surface area contributed by atoms with Gasteiger partial charge >= 0.3 is 0 Å². The third-order valence-electron chi connectivity index (χ3n) is 3.99. The van der Waals surface area contributed by atoms with Crippen molar-refractivity contribution in [2.75, 3.05) is 6.54 Å². The van der Waals surface area contributed by atoms with Gasteiger partial charge in [0.05, 0.1) is 22.6 Å². The first-order valence-electron chi connectivity index (χ1n) is 8.19. The molecule has 0 saturated heterocycles. The van der Waals surface area contributed by atoms with Crippen molar-refractivity contribution in [2.45, 2.75) is 31.7 Å². The molecule has 0 aliphatic carbocycles. The molecule has 0 aromatic heterocycles. The van der Waals surface area contributed by atoms with E-state index in [2.05, 4.69) is 10.0 Å². The van der Waals surface area contributed by atoms with E-state index in [1.54, 1.807) is 44.2 Å². The largest absolute Gasteiger partial charge is 0.346 e. The maximum absolute atomic E-state index is 12.6. The lowest BCUT2D eigenvalue weighted by atomic mass is 10.0. The minimum absolute atomic E-state index is 0.0566. The Labute approximate surface area is 153 Å². The summed E-state index contributed by atoms with van der Waals surface area (Å²) >= 11 is 0. The molecule has 2 N–H and O–H groups in total. The smallest absolute Gasteiger partial charge is 0.252 e. The number of nitrogens with one attached hydrogen (secondary N) is 2. The second-order valence-corrected chi connectivity index (χ2v) is 7.67. The van der Waals surface area contributed by atoms with Crippen LogP contribution in [0.2, 0.25) is 0 Å². The molecule has 26 heavy (non-hydrogen) atoms. The van der Waals surface area contributed by atoms with Crippen molar-refractivity contribution in [3.63, 3.8) is 0 Å². The summed E-state index contributed by atoms with van der Waals surface area (Å²) in [5, 5.41) is 11.7. The lowest BCUT2D eigenvalue weighted by Gasteiger charge is -2.16. The molecule has 2 rings (SSSR count). The molecular weight excluding hydrogens is 350 g/mol. The van der Waals surface area contributed by atoms with Gasteiger partial charge in [-0.2, -0.15) is 5.26 Å². The van der Waals surface area contributed by atoms with Crippen LogP contribution < -0.4 is 10.0 Å². The highest BCUT2D eigenvalue weighted by molar-refractivity contribution is 7.89. The van der Waals surface area contributed by atoms with E-state index >= 15 is 0 Å². The van der Waals surface area contributed by atoms with Crippen LogP contribution in [0.25, 0.3) is 0 Å². The number of nitrogens with zero attached hydrogens (tertiary/aromatic N) is 1. The quantitative estimate of drug-likeness (QED) is 0.815. The van der Waals surface area contributed by atoms with E-state index < -0.39 is 10.0 Å². The predicted octanol–water partition coefficient (Wildman–Crippen LogP) is 2.66. The van der Waals surface area contributed by atoms with E-state index in [9.17, 15) is 13.2 Å². The van der Waals surface area contributed by atoms with Crippen LogP contribution in [0.4, 0.5) is 0 Å². The summed E-state index contributed by atoms with van der Waals surface area (Å²) in [5.74, 6) is -0.354. The number of nitriles is 1. The van der Waals surface area contributed by atoms with Crippen LogP contribution in [0.1, 0.15) is 46.9 Å². The van der Waals surface area contributed by atoms with Gasteiger partial charge in [-0.25, -0.2) is 13.1 Å². The molecule has 136 valence electrons. The number of rotatable bonds is 6. The van der Waals surface area contributed by atoms with Crippen molar-refractivity contribution in [3.05, 3.63) is 64.7 Å². The van der Waals surface area contributed by atoms with Crippen LogP contribution in [0, 0.1) is 18.3 Å². The van der Waals surface area contributed by atoms with Crippen LogP contribution >= 0.6 is 0 Å². The Hall–Kier alpha value is -2.69. The van der Waals surface area contributed by atoms with Crippen molar-refractivity contribution < 1.29 is 13.2 Å². The highest BCUT2D eigenvalue weighted by Gasteiger charge is 2.18. The molecule has 2 aromatic rings. The van der Waals surface area contributed by atoms with E-state index in [0.717, 1.165) is 5.56 Å². The van der Waals surface area contributed by atoms with E-state index in [1.807, 2.05) is 13.0 Å². The van der Waals surface area contributed by atoms with E-state index in [-0.39, 0.29) is 23.4 Å². The molecule has 0 bridgehead atoms. The number of hydrogen-bond acceptors (Lipinski definition) is 4. The molecule has 0 saturated carbocycles. The van der Waals surface area contributed by atoms with Crippen molar-refractivity contribution in [1.82, 2.24) is 10.0 Å². The SMILES string of the molecule is CCNS(=O)(=O)c1ccc(C)c(C(=O)NC(C)c2ccc(C#N)cc2)c1. The summed E-state index contributed by atoms with van der Waals surface area (Å²) in [7, 11) is -3.63. The maximum Gasteiger partial charge on any atom is 0.252 e. The van der Waals surface area contributed by atoms with Gasteiger partial charge in [-0.1, -0.05) is 25.1 Å². The molecule has 0 aliphatic heterocycles. The molecule has 1 unspecified atom stereocenters. The second kappa shape index (κ2) is 8.13. The van der Waals surface area contributed by atoms with Crippen LogP contribution in [-0.2, 0) is 10.0 Å². The molecule has 0 aliphatic rings. The summed E-state index contributed by atoms with van der Waals surface area (Å²) in [4.78, 5) is 12.7. The minimum atomic E-state index is -3.63. The van der Waals surface area contributed by atoms with E-state index in [1.165, 1.54) is 12.1 Å². The van der Waals surface area contributed by atoms with Gasteiger partial charge < -0.3 is 5.32 Å². The van der Waals surface area contributed by atoms with Crippen LogP contribution in [0.5, 0.6) is 0 Å². The summed E-state index contributed by atoms with van der Waals surface area (Å²) in [6.45, 7) is 5.55. The summed E-state index contributed by atoms with van der Waals surface area (Å²) in [6.07, 6.45) is 0. The molecular formula is C19H21N3O3S. The molecule has 6 nitrogen and oxygen atoms in total. The summed E-state index contributed by atoms with van der Waals surface area (Å²) in [6, 6.07) is 13.2. The van der Waals surface area contributed by atoms with E-state index in [4.69, 9.17) is 5.26 Å². The molecule has 0 spiro atoms. The third-order valence-corrected chi connectivity index (χ3v) is 5.53. The molecule has 2 aromatic carbocycles. The van der Waals surface area contributed by atoms with Gasteiger partial charge in [-0.3, -0.25) is 4.79 Å². The number of carbonyl (C=O) groups is 1. The topological polar surface area (TPSA) is 99.1 Å². The van der Waals surface area contributed by atoms with Crippen molar-refractivity contribution in [1.29, 1.82) is 5.26 Å². The summed E-state index contributed by atoms with van der Waals surface area (Å²) < 4.78 is 26.7. The summed E-state index contributed by atoms with van der Waals surface area (Å²) in [5.41, 5.74) is 2.39. The third kappa shape index (κ3) is 4.48. The highest BCUT2D eigenvalue weighted by Crippen LogP contribution is 2.18. The molecule has 1 amide bonds. The van der Waals surface area contributed by atoms with Crippen molar-refractivity contribution >= 4 is 15.9 Å². The minimum Gasteiger partial charge on any atom is -0.346 e. The number of hydrogen-bond donors (Lipinski definition) is 2. The van der Waals surface area contributed by atoms with Gasteiger partial charge in [0.1, 0.15) is 0 Å². The molecule has 0 fully saturated rings.